The fraction of sp³-hybridized carbons (Fsp3) is 0.278. The smallest absolute Gasteiger partial charge is 0.249 e. The van der Waals surface area contributed by atoms with E-state index in [-0.39, 0.29) is 11.7 Å². The highest BCUT2D eigenvalue weighted by atomic mass is 19.1. The van der Waals surface area contributed by atoms with Gasteiger partial charge in [0.2, 0.25) is 5.91 Å². The molecule has 0 radical (unpaired) electrons. The zero-order valence-electron chi connectivity index (χ0n) is 12.2. The van der Waals surface area contributed by atoms with Gasteiger partial charge in [-0.3, -0.25) is 4.79 Å². The summed E-state index contributed by atoms with van der Waals surface area (Å²) in [6.45, 7) is 1.68. The first-order chi connectivity index (χ1) is 10.7. The summed E-state index contributed by atoms with van der Waals surface area (Å²) in [6, 6.07) is 9.31. The van der Waals surface area contributed by atoms with Gasteiger partial charge in [0.15, 0.2) is 0 Å². The molecule has 2 aromatic carbocycles. The molecule has 4 heteroatoms. The standard InChI is InChI=1S/C18H17FN2O/c19-15-8-14(18(20)22)13-7-10-3-1-2-4-12(10)17(13)16(15)11-5-6-21-9-11/h1-4,8,11,21H,5-7,9H2,(H2,20,22). The van der Waals surface area contributed by atoms with Crippen LogP contribution in [0.15, 0.2) is 30.3 Å². The minimum atomic E-state index is -0.556. The van der Waals surface area contributed by atoms with Gasteiger partial charge in [-0.25, -0.2) is 4.39 Å². The van der Waals surface area contributed by atoms with E-state index in [4.69, 9.17) is 5.73 Å². The van der Waals surface area contributed by atoms with Gasteiger partial charge in [-0.1, -0.05) is 24.3 Å². The van der Waals surface area contributed by atoms with Gasteiger partial charge in [-0.15, -0.1) is 0 Å². The molecule has 3 nitrogen and oxygen atoms in total. The van der Waals surface area contributed by atoms with Gasteiger partial charge in [0.05, 0.1) is 0 Å². The van der Waals surface area contributed by atoms with Crippen molar-refractivity contribution in [2.24, 2.45) is 5.73 Å². The van der Waals surface area contributed by atoms with Crippen molar-refractivity contribution in [2.75, 3.05) is 13.1 Å². The number of amides is 1. The number of carbonyl (C=O) groups is 1. The summed E-state index contributed by atoms with van der Waals surface area (Å²) in [7, 11) is 0. The van der Waals surface area contributed by atoms with Crippen molar-refractivity contribution < 1.29 is 9.18 Å². The molecule has 22 heavy (non-hydrogen) atoms. The summed E-state index contributed by atoms with van der Waals surface area (Å²) in [4.78, 5) is 11.7. The first kappa shape index (κ1) is 13.5. The normalized spacial score (nSPS) is 19.0. The summed E-state index contributed by atoms with van der Waals surface area (Å²) in [5, 5.41) is 3.29. The molecule has 4 rings (SSSR count). The fourth-order valence-electron chi connectivity index (χ4n) is 3.83. The van der Waals surface area contributed by atoms with Crippen molar-refractivity contribution in [3.63, 3.8) is 0 Å². The van der Waals surface area contributed by atoms with Gasteiger partial charge in [0.25, 0.3) is 0 Å². The molecule has 2 aromatic rings. The lowest BCUT2D eigenvalue weighted by Crippen LogP contribution is -2.16. The molecule has 1 saturated heterocycles. The predicted octanol–water partition coefficient (Wildman–Crippen LogP) is 2.57. The predicted molar refractivity (Wildman–Crippen MR) is 83.4 cm³/mol. The summed E-state index contributed by atoms with van der Waals surface area (Å²) in [5.41, 5.74) is 10.5. The summed E-state index contributed by atoms with van der Waals surface area (Å²) in [6.07, 6.45) is 1.57. The Hall–Kier alpha value is -2.20. The molecule has 0 bridgehead atoms. The van der Waals surface area contributed by atoms with Crippen molar-refractivity contribution >= 4 is 5.91 Å². The number of rotatable bonds is 2. The van der Waals surface area contributed by atoms with E-state index in [2.05, 4.69) is 5.32 Å². The summed E-state index contributed by atoms with van der Waals surface area (Å²) < 4.78 is 14.8. The second-order valence-corrected chi connectivity index (χ2v) is 6.06. The van der Waals surface area contributed by atoms with Crippen LogP contribution in [0.1, 0.15) is 39.4 Å². The van der Waals surface area contributed by atoms with E-state index in [9.17, 15) is 9.18 Å². The Labute approximate surface area is 128 Å². The minimum absolute atomic E-state index is 0.154. The Balaban J connectivity index is 2.02. The molecule has 1 unspecified atom stereocenters. The van der Waals surface area contributed by atoms with Crippen LogP contribution in [0.4, 0.5) is 4.39 Å². The molecule has 0 saturated carbocycles. The van der Waals surface area contributed by atoms with Crippen LogP contribution in [0, 0.1) is 5.82 Å². The molecule has 1 atom stereocenters. The molecule has 112 valence electrons. The number of carbonyl (C=O) groups excluding carboxylic acids is 1. The molecule has 3 N–H and O–H groups in total. The first-order valence-corrected chi connectivity index (χ1v) is 7.61. The van der Waals surface area contributed by atoms with Crippen molar-refractivity contribution in [2.45, 2.75) is 18.8 Å². The third-order valence-corrected chi connectivity index (χ3v) is 4.81. The van der Waals surface area contributed by atoms with Crippen LogP contribution >= 0.6 is 0 Å². The lowest BCUT2D eigenvalue weighted by atomic mass is 9.87. The largest absolute Gasteiger partial charge is 0.366 e. The van der Waals surface area contributed by atoms with Gasteiger partial charge in [-0.05, 0) is 47.7 Å². The van der Waals surface area contributed by atoms with Crippen LogP contribution in [0.3, 0.4) is 0 Å². The third kappa shape index (κ3) is 1.87. The molecular formula is C18H17FN2O. The molecule has 1 heterocycles. The maximum Gasteiger partial charge on any atom is 0.249 e. The molecule has 1 aliphatic carbocycles. The van der Waals surface area contributed by atoms with Gasteiger partial charge >= 0.3 is 0 Å². The van der Waals surface area contributed by atoms with Crippen LogP contribution in [0.2, 0.25) is 0 Å². The van der Waals surface area contributed by atoms with Crippen molar-refractivity contribution in [1.29, 1.82) is 0 Å². The van der Waals surface area contributed by atoms with Crippen molar-refractivity contribution in [3.8, 4) is 11.1 Å². The van der Waals surface area contributed by atoms with Gasteiger partial charge in [0, 0.05) is 23.6 Å². The van der Waals surface area contributed by atoms with E-state index in [0.717, 1.165) is 47.3 Å². The maximum absolute atomic E-state index is 14.8. The van der Waals surface area contributed by atoms with E-state index < -0.39 is 5.91 Å². The average molecular weight is 296 g/mol. The van der Waals surface area contributed by atoms with E-state index in [1.807, 2.05) is 24.3 Å². The maximum atomic E-state index is 14.8. The molecule has 0 aromatic heterocycles. The zero-order chi connectivity index (χ0) is 15.3. The third-order valence-electron chi connectivity index (χ3n) is 4.81. The molecule has 0 spiro atoms. The molecule has 2 aliphatic rings. The lowest BCUT2D eigenvalue weighted by molar-refractivity contribution is 0.0999. The topological polar surface area (TPSA) is 55.1 Å². The highest BCUT2D eigenvalue weighted by Gasteiger charge is 2.32. The number of nitrogens with one attached hydrogen (secondary N) is 1. The van der Waals surface area contributed by atoms with Crippen molar-refractivity contribution in [1.82, 2.24) is 5.32 Å². The first-order valence-electron chi connectivity index (χ1n) is 7.61. The highest BCUT2D eigenvalue weighted by molar-refractivity contribution is 5.98. The summed E-state index contributed by atoms with van der Waals surface area (Å²) in [5.74, 6) is -0.709. The number of nitrogens with two attached hydrogens (primary N) is 1. The molecular weight excluding hydrogens is 279 g/mol. The Kier molecular flexibility index (Phi) is 3.01. The van der Waals surface area contributed by atoms with Crippen LogP contribution < -0.4 is 11.1 Å². The number of hydrogen-bond donors (Lipinski definition) is 2. The fourth-order valence-corrected chi connectivity index (χ4v) is 3.83. The molecule has 1 aliphatic heterocycles. The van der Waals surface area contributed by atoms with E-state index in [1.54, 1.807) is 0 Å². The number of fused-ring (bicyclic) bond motifs is 3. The monoisotopic (exact) mass is 296 g/mol. The summed E-state index contributed by atoms with van der Waals surface area (Å²) >= 11 is 0. The van der Waals surface area contributed by atoms with Crippen LogP contribution in [-0.4, -0.2) is 19.0 Å². The second kappa shape index (κ2) is 4.92. The Bertz CT molecular complexity index is 779. The van der Waals surface area contributed by atoms with Gasteiger partial charge < -0.3 is 11.1 Å². The quantitative estimate of drug-likeness (QED) is 0.763. The van der Waals surface area contributed by atoms with Crippen LogP contribution in [0.5, 0.6) is 0 Å². The van der Waals surface area contributed by atoms with Gasteiger partial charge in [-0.2, -0.15) is 0 Å². The number of hydrogen-bond acceptors (Lipinski definition) is 2. The second-order valence-electron chi connectivity index (χ2n) is 6.06. The van der Waals surface area contributed by atoms with Crippen LogP contribution in [0.25, 0.3) is 11.1 Å². The SMILES string of the molecule is NC(=O)c1cc(F)c(C2CCNC2)c2c1Cc1ccccc1-2. The number of primary amides is 1. The number of halogens is 1. The molecule has 1 amide bonds. The van der Waals surface area contributed by atoms with E-state index in [1.165, 1.54) is 6.07 Å². The zero-order valence-corrected chi connectivity index (χ0v) is 12.2. The van der Waals surface area contributed by atoms with Gasteiger partial charge in [0.1, 0.15) is 5.82 Å². The Morgan fingerprint density at radius 2 is 2.14 bits per heavy atom. The average Bonchev–Trinajstić information content (AvgIpc) is 3.14. The Morgan fingerprint density at radius 3 is 2.86 bits per heavy atom. The van der Waals surface area contributed by atoms with Crippen molar-refractivity contribution in [3.05, 3.63) is 58.4 Å². The minimum Gasteiger partial charge on any atom is -0.366 e. The Morgan fingerprint density at radius 1 is 1.32 bits per heavy atom. The van der Waals surface area contributed by atoms with E-state index in [0.29, 0.717) is 12.0 Å². The highest BCUT2D eigenvalue weighted by Crippen LogP contribution is 2.45. The molecule has 1 fully saturated rings. The lowest BCUT2D eigenvalue weighted by Gasteiger charge is -2.18. The van der Waals surface area contributed by atoms with E-state index >= 15 is 0 Å². The number of benzene rings is 2. The van der Waals surface area contributed by atoms with Crippen LogP contribution in [-0.2, 0) is 6.42 Å².